The molecule has 0 aliphatic rings. The van der Waals surface area contributed by atoms with Gasteiger partial charge in [-0.05, 0) is 35.2 Å². The summed E-state index contributed by atoms with van der Waals surface area (Å²) in [6, 6.07) is 19.9. The Hall–Kier alpha value is -3.85. The molecule has 0 saturated carbocycles. The lowest BCUT2D eigenvalue weighted by molar-refractivity contribution is -0.118. The van der Waals surface area contributed by atoms with Crippen molar-refractivity contribution in [1.82, 2.24) is 20.3 Å². The second kappa shape index (κ2) is 11.3. The normalized spacial score (nSPS) is 10.7. The fourth-order valence-corrected chi connectivity index (χ4v) is 4.06. The standard InChI is InChI=1S/C25H25N5O3S/c1-18-13-23(29-33-18)28-25(32)17-34-16-24(31)26-14-21-5-2-3-6-22(21)20-9-7-19(8-10-20)15-30-12-4-11-27-30/h2-13H,14-17H2,1H3,(H,26,31)(H,28,29,32). The van der Waals surface area contributed by atoms with Gasteiger partial charge in [0.05, 0.1) is 18.1 Å². The van der Waals surface area contributed by atoms with Crippen LogP contribution in [0.4, 0.5) is 5.82 Å². The third-order valence-corrected chi connectivity index (χ3v) is 5.96. The molecule has 0 unspecified atom stereocenters. The monoisotopic (exact) mass is 475 g/mol. The molecule has 2 heterocycles. The Morgan fingerprint density at radius 3 is 2.56 bits per heavy atom. The molecule has 174 valence electrons. The van der Waals surface area contributed by atoms with Crippen LogP contribution in [0, 0.1) is 6.92 Å². The van der Waals surface area contributed by atoms with E-state index in [2.05, 4.69) is 51.2 Å². The van der Waals surface area contributed by atoms with Crippen molar-refractivity contribution in [2.45, 2.75) is 20.0 Å². The number of aromatic nitrogens is 3. The number of thioether (sulfide) groups is 1. The molecule has 4 rings (SSSR count). The van der Waals surface area contributed by atoms with E-state index in [1.165, 1.54) is 11.8 Å². The second-order valence-corrected chi connectivity index (χ2v) is 8.68. The Morgan fingerprint density at radius 1 is 1.03 bits per heavy atom. The van der Waals surface area contributed by atoms with Crippen LogP contribution in [-0.4, -0.2) is 38.3 Å². The van der Waals surface area contributed by atoms with E-state index in [1.54, 1.807) is 19.2 Å². The quantitative estimate of drug-likeness (QED) is 0.361. The zero-order valence-electron chi connectivity index (χ0n) is 18.7. The maximum Gasteiger partial charge on any atom is 0.235 e. The van der Waals surface area contributed by atoms with Crippen LogP contribution >= 0.6 is 11.8 Å². The molecule has 2 N–H and O–H groups in total. The number of nitrogens with one attached hydrogen (secondary N) is 2. The Labute approximate surface area is 201 Å². The molecule has 0 aliphatic heterocycles. The first kappa shape index (κ1) is 23.3. The van der Waals surface area contributed by atoms with Gasteiger partial charge in [-0.25, -0.2) is 0 Å². The molecule has 2 aromatic heterocycles. The minimum atomic E-state index is -0.229. The van der Waals surface area contributed by atoms with Gasteiger partial charge in [0.15, 0.2) is 5.82 Å². The molecule has 0 radical (unpaired) electrons. The van der Waals surface area contributed by atoms with Crippen LogP contribution in [0.3, 0.4) is 0 Å². The Morgan fingerprint density at radius 2 is 1.82 bits per heavy atom. The maximum atomic E-state index is 12.3. The van der Waals surface area contributed by atoms with Crippen molar-refractivity contribution >= 4 is 29.4 Å². The zero-order chi connectivity index (χ0) is 23.8. The van der Waals surface area contributed by atoms with E-state index in [0.29, 0.717) is 18.1 Å². The van der Waals surface area contributed by atoms with Crippen LogP contribution in [-0.2, 0) is 22.7 Å². The van der Waals surface area contributed by atoms with Crippen LogP contribution in [0.15, 0.2) is 77.6 Å². The Balaban J connectivity index is 1.26. The van der Waals surface area contributed by atoms with Crippen molar-refractivity contribution in [2.75, 3.05) is 16.8 Å². The molecule has 2 amide bonds. The third kappa shape index (κ3) is 6.58. The predicted molar refractivity (Wildman–Crippen MR) is 132 cm³/mol. The summed E-state index contributed by atoms with van der Waals surface area (Å²) >= 11 is 1.24. The molecule has 0 spiro atoms. The lowest BCUT2D eigenvalue weighted by atomic mass is 9.98. The van der Waals surface area contributed by atoms with Crippen molar-refractivity contribution in [3.63, 3.8) is 0 Å². The summed E-state index contributed by atoms with van der Waals surface area (Å²) in [5, 5.41) is 13.5. The summed E-state index contributed by atoms with van der Waals surface area (Å²) in [6.07, 6.45) is 3.71. The van der Waals surface area contributed by atoms with Crippen molar-refractivity contribution in [1.29, 1.82) is 0 Å². The summed E-state index contributed by atoms with van der Waals surface area (Å²) in [7, 11) is 0. The van der Waals surface area contributed by atoms with Gasteiger partial charge in [0.1, 0.15) is 5.76 Å². The predicted octanol–water partition coefficient (Wildman–Crippen LogP) is 3.88. The van der Waals surface area contributed by atoms with Crippen molar-refractivity contribution in [3.8, 4) is 11.1 Å². The van der Waals surface area contributed by atoms with Crippen molar-refractivity contribution in [3.05, 3.63) is 89.9 Å². The van der Waals surface area contributed by atoms with E-state index in [-0.39, 0.29) is 23.3 Å². The van der Waals surface area contributed by atoms with Gasteiger partial charge < -0.3 is 15.2 Å². The van der Waals surface area contributed by atoms with Crippen LogP contribution in [0.2, 0.25) is 0 Å². The van der Waals surface area contributed by atoms with Gasteiger partial charge in [0.2, 0.25) is 11.8 Å². The molecule has 2 aromatic carbocycles. The van der Waals surface area contributed by atoms with E-state index < -0.39 is 0 Å². The molecule has 0 aliphatic carbocycles. The Kier molecular flexibility index (Phi) is 7.77. The largest absolute Gasteiger partial charge is 0.360 e. The first-order chi connectivity index (χ1) is 16.6. The van der Waals surface area contributed by atoms with Crippen LogP contribution < -0.4 is 10.6 Å². The van der Waals surface area contributed by atoms with Crippen molar-refractivity contribution < 1.29 is 14.1 Å². The lowest BCUT2D eigenvalue weighted by Crippen LogP contribution is -2.26. The van der Waals surface area contributed by atoms with Crippen LogP contribution in [0.1, 0.15) is 16.9 Å². The highest BCUT2D eigenvalue weighted by Gasteiger charge is 2.10. The van der Waals surface area contributed by atoms with Gasteiger partial charge in [0.25, 0.3) is 0 Å². The third-order valence-electron chi connectivity index (χ3n) is 5.02. The average Bonchev–Trinajstić information content (AvgIpc) is 3.50. The fraction of sp³-hybridized carbons (Fsp3) is 0.200. The Bertz CT molecular complexity index is 1240. The molecule has 0 bridgehead atoms. The number of rotatable bonds is 10. The van der Waals surface area contributed by atoms with Crippen LogP contribution in [0.25, 0.3) is 11.1 Å². The van der Waals surface area contributed by atoms with Gasteiger partial charge >= 0.3 is 0 Å². The number of anilines is 1. The topological polar surface area (TPSA) is 102 Å². The number of hydrogen-bond acceptors (Lipinski definition) is 6. The van der Waals surface area contributed by atoms with Gasteiger partial charge in [-0.1, -0.05) is 53.7 Å². The van der Waals surface area contributed by atoms with Gasteiger partial charge in [0, 0.05) is 25.0 Å². The number of benzene rings is 2. The minimum absolute atomic E-state index is 0.126. The van der Waals surface area contributed by atoms with E-state index >= 15 is 0 Å². The van der Waals surface area contributed by atoms with E-state index in [9.17, 15) is 9.59 Å². The maximum absolute atomic E-state index is 12.3. The molecule has 34 heavy (non-hydrogen) atoms. The van der Waals surface area contributed by atoms with Crippen LogP contribution in [0.5, 0.6) is 0 Å². The summed E-state index contributed by atoms with van der Waals surface area (Å²) in [4.78, 5) is 24.3. The van der Waals surface area contributed by atoms with Gasteiger partial charge in [-0.15, -0.1) is 11.8 Å². The molecule has 0 fully saturated rings. The first-order valence-electron chi connectivity index (χ1n) is 10.8. The number of nitrogens with zero attached hydrogens (tertiary/aromatic N) is 3. The van der Waals surface area contributed by atoms with Gasteiger partial charge in [-0.2, -0.15) is 5.10 Å². The van der Waals surface area contributed by atoms with Crippen molar-refractivity contribution in [2.24, 2.45) is 0 Å². The molecule has 0 atom stereocenters. The number of carbonyl (C=O) groups is 2. The van der Waals surface area contributed by atoms with E-state index in [0.717, 1.165) is 28.8 Å². The number of carbonyl (C=O) groups excluding carboxylic acids is 2. The molecule has 0 saturated heterocycles. The molecular formula is C25H25N5O3S. The number of amides is 2. The first-order valence-corrected chi connectivity index (χ1v) is 11.9. The van der Waals surface area contributed by atoms with E-state index in [1.807, 2.05) is 35.1 Å². The number of hydrogen-bond donors (Lipinski definition) is 2. The fourth-order valence-electron chi connectivity index (χ4n) is 3.41. The van der Waals surface area contributed by atoms with E-state index in [4.69, 9.17) is 4.52 Å². The SMILES string of the molecule is Cc1cc(NC(=O)CSCC(=O)NCc2ccccc2-c2ccc(Cn3cccn3)cc2)no1. The number of aryl methyl sites for hydroxylation is 1. The highest BCUT2D eigenvalue weighted by atomic mass is 32.2. The highest BCUT2D eigenvalue weighted by Crippen LogP contribution is 2.24. The molecule has 4 aromatic rings. The molecule has 8 nitrogen and oxygen atoms in total. The summed E-state index contributed by atoms with van der Waals surface area (Å²) in [5.74, 6) is 0.981. The average molecular weight is 476 g/mol. The summed E-state index contributed by atoms with van der Waals surface area (Å²) < 4.78 is 6.80. The second-order valence-electron chi connectivity index (χ2n) is 7.70. The summed E-state index contributed by atoms with van der Waals surface area (Å²) in [5.41, 5.74) is 4.35. The smallest absolute Gasteiger partial charge is 0.235 e. The van der Waals surface area contributed by atoms with Gasteiger partial charge in [-0.3, -0.25) is 14.3 Å². The molecule has 9 heteroatoms. The lowest BCUT2D eigenvalue weighted by Gasteiger charge is -2.12. The zero-order valence-corrected chi connectivity index (χ0v) is 19.5. The minimum Gasteiger partial charge on any atom is -0.360 e. The highest BCUT2D eigenvalue weighted by molar-refractivity contribution is 8.00. The summed E-state index contributed by atoms with van der Waals surface area (Å²) in [6.45, 7) is 2.88. The molecular weight excluding hydrogens is 450 g/mol.